The second kappa shape index (κ2) is 8.26. The van der Waals surface area contributed by atoms with Gasteiger partial charge in [0.1, 0.15) is 5.82 Å². The van der Waals surface area contributed by atoms with Crippen molar-refractivity contribution in [1.29, 1.82) is 0 Å². The first-order valence-electron chi connectivity index (χ1n) is 8.54. The van der Waals surface area contributed by atoms with Crippen molar-refractivity contribution in [1.82, 2.24) is 9.78 Å². The van der Waals surface area contributed by atoms with Crippen molar-refractivity contribution >= 4 is 11.7 Å². The molecule has 0 atom stereocenters. The first-order valence-corrected chi connectivity index (χ1v) is 8.54. The van der Waals surface area contributed by atoms with Gasteiger partial charge in [0.05, 0.1) is 38.1 Å². The number of carbonyl (C=O) groups excluding carboxylic acids is 1. The van der Waals surface area contributed by atoms with Crippen molar-refractivity contribution in [3.63, 3.8) is 0 Å². The lowest BCUT2D eigenvalue weighted by atomic mass is 10.1. The molecule has 2 aromatic carbocycles. The Labute approximate surface area is 164 Å². The van der Waals surface area contributed by atoms with E-state index in [1.54, 1.807) is 18.2 Å². The molecule has 152 valence electrons. The molecule has 0 aliphatic carbocycles. The minimum Gasteiger partial charge on any atom is -0.493 e. The van der Waals surface area contributed by atoms with Gasteiger partial charge in [0.25, 0.3) is 5.91 Å². The number of rotatable bonds is 6. The summed E-state index contributed by atoms with van der Waals surface area (Å²) in [5.74, 6) is 0.404. The highest BCUT2D eigenvalue weighted by Gasteiger charge is 2.35. The third-order valence-electron chi connectivity index (χ3n) is 4.24. The highest BCUT2D eigenvalue weighted by atomic mass is 19.4. The van der Waals surface area contributed by atoms with Crippen LogP contribution in [0.15, 0.2) is 54.7 Å². The fourth-order valence-corrected chi connectivity index (χ4v) is 2.92. The van der Waals surface area contributed by atoms with E-state index in [2.05, 4.69) is 10.4 Å². The van der Waals surface area contributed by atoms with E-state index < -0.39 is 23.2 Å². The molecular formula is C20H18F3N3O3. The zero-order valence-electron chi connectivity index (χ0n) is 15.7. The van der Waals surface area contributed by atoms with Crippen LogP contribution >= 0.6 is 0 Å². The Kier molecular flexibility index (Phi) is 5.76. The van der Waals surface area contributed by atoms with Crippen molar-refractivity contribution in [2.75, 3.05) is 19.5 Å². The van der Waals surface area contributed by atoms with Crippen molar-refractivity contribution in [3.05, 3.63) is 71.4 Å². The van der Waals surface area contributed by atoms with Crippen LogP contribution in [0, 0.1) is 0 Å². The van der Waals surface area contributed by atoms with E-state index in [1.807, 2.05) is 0 Å². The molecule has 0 radical (unpaired) electrons. The summed E-state index contributed by atoms with van der Waals surface area (Å²) in [6, 6.07) is 11.4. The number of alkyl halides is 3. The molecule has 1 amide bonds. The average Bonchev–Trinajstić information content (AvgIpc) is 3.13. The highest BCUT2D eigenvalue weighted by molar-refractivity contribution is 6.05. The van der Waals surface area contributed by atoms with Crippen LogP contribution in [-0.4, -0.2) is 29.9 Å². The van der Waals surface area contributed by atoms with Gasteiger partial charge in [-0.15, -0.1) is 0 Å². The second-order valence-electron chi connectivity index (χ2n) is 6.02. The fraction of sp³-hybridized carbons (Fsp3) is 0.200. The first kappa shape index (κ1) is 20.2. The maximum Gasteiger partial charge on any atom is 0.417 e. The van der Waals surface area contributed by atoms with Gasteiger partial charge in [0.2, 0.25) is 0 Å². The van der Waals surface area contributed by atoms with E-state index >= 15 is 0 Å². The van der Waals surface area contributed by atoms with E-state index in [0.717, 1.165) is 17.7 Å². The van der Waals surface area contributed by atoms with Gasteiger partial charge < -0.3 is 14.8 Å². The summed E-state index contributed by atoms with van der Waals surface area (Å²) >= 11 is 0. The van der Waals surface area contributed by atoms with Crippen LogP contribution in [0.5, 0.6) is 11.5 Å². The number of benzene rings is 2. The van der Waals surface area contributed by atoms with Gasteiger partial charge in [-0.1, -0.05) is 24.3 Å². The Bertz CT molecular complexity index is 1020. The summed E-state index contributed by atoms with van der Waals surface area (Å²) in [6.45, 7) is 0.212. The molecule has 1 aromatic heterocycles. The molecule has 29 heavy (non-hydrogen) atoms. The molecule has 0 spiro atoms. The Balaban J connectivity index is 1.87. The highest BCUT2D eigenvalue weighted by Crippen LogP contribution is 2.33. The standard InChI is InChI=1S/C20H18F3N3O3/c1-28-16-9-5-6-13(18(16)29-2)12-26-17(10-11-24-26)25-19(27)14-7-3-4-8-15(14)20(21,22)23/h3-11H,12H2,1-2H3,(H,25,27). The van der Waals surface area contributed by atoms with Crippen molar-refractivity contribution < 1.29 is 27.4 Å². The lowest BCUT2D eigenvalue weighted by Crippen LogP contribution is -2.20. The van der Waals surface area contributed by atoms with E-state index in [1.165, 1.54) is 43.3 Å². The van der Waals surface area contributed by atoms with Gasteiger partial charge >= 0.3 is 6.18 Å². The normalized spacial score (nSPS) is 11.2. The monoisotopic (exact) mass is 405 g/mol. The predicted octanol–water partition coefficient (Wildman–Crippen LogP) is 4.22. The Morgan fingerprint density at radius 1 is 1.07 bits per heavy atom. The molecule has 0 aliphatic rings. The van der Waals surface area contributed by atoms with Crippen molar-refractivity contribution in [3.8, 4) is 11.5 Å². The molecule has 1 N–H and O–H groups in total. The zero-order valence-corrected chi connectivity index (χ0v) is 15.7. The molecule has 0 fully saturated rings. The van der Waals surface area contributed by atoms with Crippen molar-refractivity contribution in [2.45, 2.75) is 12.7 Å². The number of amides is 1. The van der Waals surface area contributed by atoms with Crippen LogP contribution in [-0.2, 0) is 12.7 Å². The van der Waals surface area contributed by atoms with Gasteiger partial charge in [-0.25, -0.2) is 4.68 Å². The minimum atomic E-state index is -4.64. The molecular weight excluding hydrogens is 387 g/mol. The Morgan fingerprint density at radius 2 is 1.83 bits per heavy atom. The van der Waals surface area contributed by atoms with Crippen LogP contribution in [0.4, 0.5) is 19.0 Å². The average molecular weight is 405 g/mol. The van der Waals surface area contributed by atoms with E-state index in [9.17, 15) is 18.0 Å². The number of hydrogen-bond acceptors (Lipinski definition) is 4. The number of ether oxygens (including phenoxy) is 2. The lowest BCUT2D eigenvalue weighted by molar-refractivity contribution is -0.137. The minimum absolute atomic E-state index is 0.212. The van der Waals surface area contributed by atoms with Gasteiger partial charge in [-0.2, -0.15) is 18.3 Å². The van der Waals surface area contributed by atoms with Crippen LogP contribution in [0.1, 0.15) is 21.5 Å². The summed E-state index contributed by atoms with van der Waals surface area (Å²) in [6.07, 6.45) is -3.19. The summed E-state index contributed by atoms with van der Waals surface area (Å²) in [7, 11) is 3.01. The maximum atomic E-state index is 13.2. The molecule has 6 nitrogen and oxygen atoms in total. The number of aromatic nitrogens is 2. The van der Waals surface area contributed by atoms with Gasteiger partial charge in [0, 0.05) is 11.6 Å². The van der Waals surface area contributed by atoms with E-state index in [4.69, 9.17) is 9.47 Å². The SMILES string of the molecule is COc1cccc(Cn2nccc2NC(=O)c2ccccc2C(F)(F)F)c1OC. The van der Waals surface area contributed by atoms with Crippen LogP contribution < -0.4 is 14.8 Å². The largest absolute Gasteiger partial charge is 0.493 e. The number of nitrogens with zero attached hydrogens (tertiary/aromatic N) is 2. The Hall–Kier alpha value is -3.49. The van der Waals surface area contributed by atoms with E-state index in [0.29, 0.717) is 11.5 Å². The molecule has 3 rings (SSSR count). The second-order valence-corrected chi connectivity index (χ2v) is 6.02. The maximum absolute atomic E-state index is 13.2. The number of halogens is 3. The first-order chi connectivity index (χ1) is 13.8. The van der Waals surface area contributed by atoms with Gasteiger partial charge in [-0.3, -0.25) is 4.79 Å². The summed E-state index contributed by atoms with van der Waals surface area (Å²) in [5, 5.41) is 6.64. The fourth-order valence-electron chi connectivity index (χ4n) is 2.92. The molecule has 9 heteroatoms. The topological polar surface area (TPSA) is 65.4 Å². The van der Waals surface area contributed by atoms with Crippen LogP contribution in [0.25, 0.3) is 0 Å². The molecule has 0 aliphatic heterocycles. The van der Waals surface area contributed by atoms with Gasteiger partial charge in [-0.05, 0) is 18.2 Å². The zero-order chi connectivity index (χ0) is 21.0. The third-order valence-corrected chi connectivity index (χ3v) is 4.24. The number of anilines is 1. The Morgan fingerprint density at radius 3 is 2.52 bits per heavy atom. The number of para-hydroxylation sites is 1. The molecule has 3 aromatic rings. The smallest absolute Gasteiger partial charge is 0.417 e. The number of methoxy groups -OCH3 is 2. The number of nitrogens with one attached hydrogen (secondary N) is 1. The molecule has 1 heterocycles. The van der Waals surface area contributed by atoms with Gasteiger partial charge in [0.15, 0.2) is 11.5 Å². The number of carbonyl (C=O) groups is 1. The quantitative estimate of drug-likeness (QED) is 0.667. The summed E-state index contributed by atoms with van der Waals surface area (Å²) < 4.78 is 51.7. The van der Waals surface area contributed by atoms with E-state index in [-0.39, 0.29) is 12.4 Å². The molecule has 0 bridgehead atoms. The van der Waals surface area contributed by atoms with Crippen LogP contribution in [0.2, 0.25) is 0 Å². The molecule has 0 saturated carbocycles. The van der Waals surface area contributed by atoms with Crippen LogP contribution in [0.3, 0.4) is 0 Å². The predicted molar refractivity (Wildman–Crippen MR) is 100 cm³/mol. The summed E-state index contributed by atoms with van der Waals surface area (Å²) in [5.41, 5.74) is -0.744. The summed E-state index contributed by atoms with van der Waals surface area (Å²) in [4.78, 5) is 12.5. The number of hydrogen-bond donors (Lipinski definition) is 1. The molecule has 0 saturated heterocycles. The van der Waals surface area contributed by atoms with Crippen molar-refractivity contribution in [2.24, 2.45) is 0 Å². The molecule has 0 unspecified atom stereocenters. The third kappa shape index (κ3) is 4.34. The lowest BCUT2D eigenvalue weighted by Gasteiger charge is -2.15.